The Bertz CT molecular complexity index is 1100. The Morgan fingerprint density at radius 2 is 2.18 bits per heavy atom. The van der Waals surface area contributed by atoms with Crippen LogP contribution < -0.4 is 15.6 Å². The number of nitrogens with one attached hydrogen (secondary N) is 1. The van der Waals surface area contributed by atoms with E-state index in [9.17, 15) is 9.59 Å². The predicted octanol–water partition coefficient (Wildman–Crippen LogP) is 2.90. The molecule has 4 rings (SSSR count). The minimum absolute atomic E-state index is 0.0127. The molecule has 2 heterocycles. The molecular weight excluding hydrogens is 394 g/mol. The number of carbonyl (C=O) groups is 1. The number of fused-ring (bicyclic) bond motifs is 3. The fraction of sp³-hybridized carbons (Fsp3) is 0.350. The Labute approximate surface area is 170 Å². The van der Waals surface area contributed by atoms with Gasteiger partial charge in [-0.15, -0.1) is 11.3 Å². The summed E-state index contributed by atoms with van der Waals surface area (Å²) in [6.07, 6.45) is 3.11. The van der Waals surface area contributed by atoms with Crippen LogP contribution in [0.15, 0.2) is 34.2 Å². The first kappa shape index (κ1) is 19.0. The number of methoxy groups -OCH3 is 1. The molecule has 6 nitrogen and oxygen atoms in total. The van der Waals surface area contributed by atoms with E-state index in [-0.39, 0.29) is 17.2 Å². The molecule has 0 saturated heterocycles. The number of rotatable bonds is 6. The summed E-state index contributed by atoms with van der Waals surface area (Å²) in [5, 5.41) is 4.24. The topological polar surface area (TPSA) is 73.2 Å². The van der Waals surface area contributed by atoms with Crippen LogP contribution in [0.25, 0.3) is 10.2 Å². The van der Waals surface area contributed by atoms with Crippen LogP contribution in [0.1, 0.15) is 22.4 Å². The van der Waals surface area contributed by atoms with Crippen LogP contribution in [-0.2, 0) is 31.2 Å². The number of thioether (sulfide) groups is 1. The van der Waals surface area contributed by atoms with Crippen molar-refractivity contribution in [3.05, 3.63) is 50.6 Å². The van der Waals surface area contributed by atoms with E-state index in [4.69, 9.17) is 4.74 Å². The third kappa shape index (κ3) is 3.54. The number of amides is 1. The number of carbonyl (C=O) groups excluding carboxylic acids is 1. The molecule has 1 aliphatic rings. The summed E-state index contributed by atoms with van der Waals surface area (Å²) in [5.41, 5.74) is 2.09. The van der Waals surface area contributed by atoms with Crippen LogP contribution in [0.4, 0.5) is 0 Å². The minimum Gasteiger partial charge on any atom is -0.496 e. The first-order valence-corrected chi connectivity index (χ1v) is 10.9. The summed E-state index contributed by atoms with van der Waals surface area (Å²) in [4.78, 5) is 31.8. The van der Waals surface area contributed by atoms with Crippen LogP contribution in [0, 0.1) is 0 Å². The van der Waals surface area contributed by atoms with Crippen molar-refractivity contribution in [2.45, 2.75) is 31.0 Å². The highest BCUT2D eigenvalue weighted by atomic mass is 32.2. The van der Waals surface area contributed by atoms with E-state index in [2.05, 4.69) is 10.3 Å². The highest BCUT2D eigenvalue weighted by Crippen LogP contribution is 2.35. The summed E-state index contributed by atoms with van der Waals surface area (Å²) >= 11 is 2.90. The van der Waals surface area contributed by atoms with Crippen molar-refractivity contribution in [1.29, 1.82) is 0 Å². The minimum atomic E-state index is -0.112. The quantitative estimate of drug-likeness (QED) is 0.495. The number of hydrogen-bond acceptors (Lipinski definition) is 6. The van der Waals surface area contributed by atoms with E-state index >= 15 is 0 Å². The van der Waals surface area contributed by atoms with Crippen molar-refractivity contribution in [2.24, 2.45) is 7.05 Å². The molecule has 0 fully saturated rings. The molecule has 0 bridgehead atoms. The lowest BCUT2D eigenvalue weighted by atomic mass is 10.2. The van der Waals surface area contributed by atoms with E-state index < -0.39 is 0 Å². The molecule has 28 heavy (non-hydrogen) atoms. The number of aryl methyl sites for hydroxylation is 2. The smallest absolute Gasteiger partial charge is 0.262 e. The van der Waals surface area contributed by atoms with E-state index in [0.29, 0.717) is 11.7 Å². The van der Waals surface area contributed by atoms with Gasteiger partial charge < -0.3 is 10.1 Å². The van der Waals surface area contributed by atoms with Crippen LogP contribution in [0.3, 0.4) is 0 Å². The van der Waals surface area contributed by atoms with Gasteiger partial charge in [-0.2, -0.15) is 0 Å². The number of ether oxygens (including phenoxy) is 1. The Morgan fingerprint density at radius 3 is 3.00 bits per heavy atom. The molecule has 0 radical (unpaired) electrons. The molecule has 0 spiro atoms. The molecule has 8 heteroatoms. The fourth-order valence-corrected chi connectivity index (χ4v) is 5.56. The highest BCUT2D eigenvalue weighted by molar-refractivity contribution is 7.99. The van der Waals surface area contributed by atoms with Crippen molar-refractivity contribution in [1.82, 2.24) is 14.9 Å². The van der Waals surface area contributed by atoms with Crippen LogP contribution in [0.2, 0.25) is 0 Å². The third-order valence-corrected chi connectivity index (χ3v) is 7.12. The maximum Gasteiger partial charge on any atom is 0.262 e. The largest absolute Gasteiger partial charge is 0.496 e. The van der Waals surface area contributed by atoms with Gasteiger partial charge in [0.1, 0.15) is 10.6 Å². The van der Waals surface area contributed by atoms with Crippen molar-refractivity contribution in [3.63, 3.8) is 0 Å². The first-order valence-electron chi connectivity index (χ1n) is 9.11. The molecule has 0 aliphatic heterocycles. The van der Waals surface area contributed by atoms with E-state index in [1.54, 1.807) is 30.1 Å². The second-order valence-corrected chi connectivity index (χ2v) is 8.70. The Morgan fingerprint density at radius 1 is 1.36 bits per heavy atom. The zero-order chi connectivity index (χ0) is 19.7. The zero-order valence-electron chi connectivity index (χ0n) is 15.8. The molecule has 3 aromatic rings. The van der Waals surface area contributed by atoms with E-state index in [0.717, 1.165) is 40.8 Å². The van der Waals surface area contributed by atoms with Crippen LogP contribution in [-0.4, -0.2) is 28.3 Å². The molecule has 1 N–H and O–H groups in total. The Hall–Kier alpha value is -2.32. The van der Waals surface area contributed by atoms with Crippen molar-refractivity contribution >= 4 is 39.2 Å². The van der Waals surface area contributed by atoms with Gasteiger partial charge in [0.2, 0.25) is 5.91 Å². The third-order valence-electron chi connectivity index (χ3n) is 4.91. The molecule has 0 saturated carbocycles. The van der Waals surface area contributed by atoms with Crippen molar-refractivity contribution in [3.8, 4) is 5.75 Å². The van der Waals surface area contributed by atoms with E-state index in [1.165, 1.54) is 22.2 Å². The van der Waals surface area contributed by atoms with Gasteiger partial charge in [-0.05, 0) is 30.9 Å². The average molecular weight is 416 g/mol. The second-order valence-electron chi connectivity index (χ2n) is 6.67. The SMILES string of the molecule is COc1ccccc1CNC(=O)CSc1nc2sc3c(c2c(=O)n1C)CCC3. The number of nitrogens with zero attached hydrogens (tertiary/aromatic N) is 2. The summed E-state index contributed by atoms with van der Waals surface area (Å²) in [6.45, 7) is 0.395. The lowest BCUT2D eigenvalue weighted by Crippen LogP contribution is -2.26. The number of benzene rings is 1. The molecule has 1 amide bonds. The molecular formula is C20H21N3O3S2. The van der Waals surface area contributed by atoms with Gasteiger partial charge in [-0.25, -0.2) is 4.98 Å². The standard InChI is InChI=1S/C20H21N3O3S2/c1-23-19(25)17-13-7-5-9-15(13)28-18(17)22-20(23)27-11-16(24)21-10-12-6-3-4-8-14(12)26-2/h3-4,6,8H,5,7,9-11H2,1-2H3,(H,21,24). The predicted molar refractivity (Wildman–Crippen MR) is 112 cm³/mol. The summed E-state index contributed by atoms with van der Waals surface area (Å²) < 4.78 is 6.86. The number of para-hydroxylation sites is 1. The maximum absolute atomic E-state index is 12.8. The highest BCUT2D eigenvalue weighted by Gasteiger charge is 2.22. The zero-order valence-corrected chi connectivity index (χ0v) is 17.4. The summed E-state index contributed by atoms with van der Waals surface area (Å²) in [6, 6.07) is 7.58. The fourth-order valence-electron chi connectivity index (χ4n) is 3.46. The van der Waals surface area contributed by atoms with Crippen molar-refractivity contribution in [2.75, 3.05) is 12.9 Å². The average Bonchev–Trinajstić information content (AvgIpc) is 3.29. The lowest BCUT2D eigenvalue weighted by Gasteiger charge is -2.10. The lowest BCUT2D eigenvalue weighted by molar-refractivity contribution is -0.118. The van der Waals surface area contributed by atoms with Gasteiger partial charge in [-0.1, -0.05) is 30.0 Å². The van der Waals surface area contributed by atoms with E-state index in [1.807, 2.05) is 24.3 Å². The molecule has 146 valence electrons. The summed E-state index contributed by atoms with van der Waals surface area (Å²) in [5.74, 6) is 0.834. The molecule has 0 atom stereocenters. The van der Waals surface area contributed by atoms with Gasteiger partial charge in [0.15, 0.2) is 5.16 Å². The van der Waals surface area contributed by atoms with Crippen molar-refractivity contribution < 1.29 is 9.53 Å². The Balaban J connectivity index is 1.45. The Kier molecular flexibility index (Phi) is 5.41. The van der Waals surface area contributed by atoms with Gasteiger partial charge in [0.05, 0.1) is 18.2 Å². The number of thiophene rings is 1. The molecule has 0 unspecified atom stereocenters. The van der Waals surface area contributed by atoms with Crippen LogP contribution in [0.5, 0.6) is 5.75 Å². The second kappa shape index (κ2) is 7.97. The first-order chi connectivity index (χ1) is 13.6. The van der Waals surface area contributed by atoms with Gasteiger partial charge in [0.25, 0.3) is 5.56 Å². The van der Waals surface area contributed by atoms with Crippen LogP contribution >= 0.6 is 23.1 Å². The monoisotopic (exact) mass is 415 g/mol. The maximum atomic E-state index is 12.8. The molecule has 2 aromatic heterocycles. The number of hydrogen-bond donors (Lipinski definition) is 1. The number of aromatic nitrogens is 2. The van der Waals surface area contributed by atoms with Gasteiger partial charge >= 0.3 is 0 Å². The molecule has 1 aliphatic carbocycles. The molecule has 1 aromatic carbocycles. The summed E-state index contributed by atoms with van der Waals surface area (Å²) in [7, 11) is 3.34. The van der Waals surface area contributed by atoms with Gasteiger partial charge in [-0.3, -0.25) is 14.2 Å². The van der Waals surface area contributed by atoms with Gasteiger partial charge in [0, 0.05) is 24.0 Å². The normalized spacial score (nSPS) is 12.9.